The summed E-state index contributed by atoms with van der Waals surface area (Å²) in [6.07, 6.45) is 8.71. The number of hydrogen-bond acceptors (Lipinski definition) is 6. The average Bonchev–Trinajstić information content (AvgIpc) is 3.61. The Morgan fingerprint density at radius 3 is 2.76 bits per heavy atom. The zero-order valence-electron chi connectivity index (χ0n) is 19.2. The summed E-state index contributed by atoms with van der Waals surface area (Å²) < 4.78 is 10.8. The number of nitrogens with one attached hydrogen (secondary N) is 1. The van der Waals surface area contributed by atoms with Crippen LogP contribution in [0.25, 0.3) is 0 Å². The van der Waals surface area contributed by atoms with Crippen molar-refractivity contribution in [1.82, 2.24) is 20.4 Å². The molecule has 2 amide bonds. The highest BCUT2D eigenvalue weighted by Crippen LogP contribution is 2.41. The Kier molecular flexibility index (Phi) is 6.74. The molecule has 0 radical (unpaired) electrons. The second kappa shape index (κ2) is 10.2. The highest BCUT2D eigenvalue weighted by atomic mass is 16.5. The molecule has 0 bridgehead atoms. The van der Waals surface area contributed by atoms with Gasteiger partial charge in [-0.2, -0.15) is 4.98 Å². The van der Waals surface area contributed by atoms with Gasteiger partial charge in [0.25, 0.3) is 5.91 Å². The molecule has 3 atom stereocenters. The maximum absolute atomic E-state index is 13.4. The minimum Gasteiger partial charge on any atom is -0.472 e. The van der Waals surface area contributed by atoms with Crippen molar-refractivity contribution in [3.8, 4) is 0 Å². The zero-order chi connectivity index (χ0) is 23.3. The first-order valence-corrected chi connectivity index (χ1v) is 12.2. The van der Waals surface area contributed by atoms with Gasteiger partial charge in [-0.25, -0.2) is 0 Å². The second-order valence-corrected chi connectivity index (χ2v) is 9.27. The first-order chi connectivity index (χ1) is 16.7. The minimum atomic E-state index is -0.316. The Bertz CT molecular complexity index is 1100. The van der Waals surface area contributed by atoms with Crippen molar-refractivity contribution >= 4 is 11.8 Å². The van der Waals surface area contributed by atoms with Crippen LogP contribution in [0.4, 0.5) is 0 Å². The van der Waals surface area contributed by atoms with Gasteiger partial charge in [-0.15, -0.1) is 0 Å². The largest absolute Gasteiger partial charge is 0.472 e. The number of nitrogens with zero attached hydrogens (tertiary/aromatic N) is 3. The molecule has 1 aromatic carbocycles. The molecule has 3 unspecified atom stereocenters. The SMILES string of the molecule is O=C1NCCCCCCN(C(=O)c2ccoc2)C2CC(c3nc(Cc4ccccc4)no3)CC12. The first kappa shape index (κ1) is 22.4. The van der Waals surface area contributed by atoms with E-state index in [0.29, 0.717) is 49.6 Å². The third-order valence-electron chi connectivity index (χ3n) is 6.96. The van der Waals surface area contributed by atoms with Crippen molar-refractivity contribution < 1.29 is 18.5 Å². The summed E-state index contributed by atoms with van der Waals surface area (Å²) in [5.41, 5.74) is 1.63. The summed E-state index contributed by atoms with van der Waals surface area (Å²) in [5, 5.41) is 7.28. The number of carbonyl (C=O) groups is 2. The minimum absolute atomic E-state index is 0.00316. The van der Waals surface area contributed by atoms with Gasteiger partial charge in [-0.3, -0.25) is 9.59 Å². The molecule has 1 N–H and O–H groups in total. The topological polar surface area (TPSA) is 101 Å². The standard InChI is InChI=1S/C26H30N4O4/c31-24-21-15-20(25-28-23(29-34-25)14-18-8-4-3-5-9-18)16-22(21)30(12-7-2-1-6-11-27-24)26(32)19-10-13-33-17-19/h3-5,8-10,13,17,20-22H,1-2,6-7,11-12,14-16H2,(H,27,31). The van der Waals surface area contributed by atoms with Crippen molar-refractivity contribution in [3.63, 3.8) is 0 Å². The van der Waals surface area contributed by atoms with Gasteiger partial charge in [0.15, 0.2) is 5.82 Å². The predicted molar refractivity (Wildman–Crippen MR) is 124 cm³/mol. The van der Waals surface area contributed by atoms with E-state index in [1.807, 2.05) is 35.2 Å². The van der Waals surface area contributed by atoms with E-state index in [0.717, 1.165) is 31.2 Å². The van der Waals surface area contributed by atoms with E-state index in [1.165, 1.54) is 12.5 Å². The van der Waals surface area contributed by atoms with E-state index in [2.05, 4.69) is 15.5 Å². The fourth-order valence-corrected chi connectivity index (χ4v) is 5.20. The molecule has 8 heteroatoms. The van der Waals surface area contributed by atoms with Crippen molar-refractivity contribution in [3.05, 3.63) is 71.8 Å². The lowest BCUT2D eigenvalue weighted by Crippen LogP contribution is -2.47. The van der Waals surface area contributed by atoms with Crippen LogP contribution in [0.3, 0.4) is 0 Å². The van der Waals surface area contributed by atoms with Crippen LogP contribution in [-0.2, 0) is 11.2 Å². The third-order valence-corrected chi connectivity index (χ3v) is 6.96. The summed E-state index contributed by atoms with van der Waals surface area (Å²) in [6.45, 7) is 1.29. The lowest BCUT2D eigenvalue weighted by molar-refractivity contribution is -0.126. The number of benzene rings is 1. The predicted octanol–water partition coefficient (Wildman–Crippen LogP) is 3.95. The third kappa shape index (κ3) is 4.90. The maximum atomic E-state index is 13.4. The van der Waals surface area contributed by atoms with E-state index < -0.39 is 0 Å². The molecule has 0 spiro atoms. The van der Waals surface area contributed by atoms with Gasteiger partial charge >= 0.3 is 0 Å². The molecule has 34 heavy (non-hydrogen) atoms. The van der Waals surface area contributed by atoms with Crippen LogP contribution in [0, 0.1) is 5.92 Å². The molecule has 8 nitrogen and oxygen atoms in total. The van der Waals surface area contributed by atoms with Crippen molar-refractivity contribution in [2.45, 2.75) is 56.9 Å². The van der Waals surface area contributed by atoms with Gasteiger partial charge in [0, 0.05) is 31.5 Å². The zero-order valence-corrected chi connectivity index (χ0v) is 19.2. The summed E-state index contributed by atoms with van der Waals surface area (Å²) in [4.78, 5) is 33.1. The Morgan fingerprint density at radius 1 is 1.09 bits per heavy atom. The summed E-state index contributed by atoms with van der Waals surface area (Å²) in [6, 6.07) is 11.5. The van der Waals surface area contributed by atoms with Crippen molar-refractivity contribution in [2.24, 2.45) is 5.92 Å². The number of rotatable bonds is 4. The molecule has 5 rings (SSSR count). The van der Waals surface area contributed by atoms with Gasteiger partial charge in [0.1, 0.15) is 6.26 Å². The monoisotopic (exact) mass is 462 g/mol. The lowest BCUT2D eigenvalue weighted by Gasteiger charge is -2.32. The molecular formula is C26H30N4O4. The highest BCUT2D eigenvalue weighted by molar-refractivity contribution is 5.94. The number of amides is 2. The van der Waals surface area contributed by atoms with Crippen LogP contribution < -0.4 is 5.32 Å². The van der Waals surface area contributed by atoms with E-state index >= 15 is 0 Å². The van der Waals surface area contributed by atoms with Crippen LogP contribution in [0.2, 0.25) is 0 Å². The molecule has 2 aromatic heterocycles. The molecule has 3 aromatic rings. The molecule has 3 heterocycles. The average molecular weight is 463 g/mol. The Balaban J connectivity index is 1.39. The van der Waals surface area contributed by atoms with E-state index in [-0.39, 0.29) is 29.7 Å². The summed E-state index contributed by atoms with van der Waals surface area (Å²) in [5.74, 6) is 0.708. The quantitative estimate of drug-likeness (QED) is 0.630. The number of furan rings is 1. The molecule has 1 aliphatic heterocycles. The first-order valence-electron chi connectivity index (χ1n) is 12.2. The van der Waals surface area contributed by atoms with E-state index in [1.54, 1.807) is 6.07 Å². The van der Waals surface area contributed by atoms with Gasteiger partial charge in [-0.1, -0.05) is 48.3 Å². The second-order valence-electron chi connectivity index (χ2n) is 9.27. The van der Waals surface area contributed by atoms with Crippen LogP contribution >= 0.6 is 0 Å². The van der Waals surface area contributed by atoms with Crippen molar-refractivity contribution in [1.29, 1.82) is 0 Å². The van der Waals surface area contributed by atoms with Crippen LogP contribution in [0.1, 0.15) is 72.1 Å². The normalized spacial score (nSPS) is 23.7. The van der Waals surface area contributed by atoms with E-state index in [9.17, 15) is 9.59 Å². The van der Waals surface area contributed by atoms with Crippen molar-refractivity contribution in [2.75, 3.05) is 13.1 Å². The summed E-state index contributed by atoms with van der Waals surface area (Å²) >= 11 is 0. The number of aromatic nitrogens is 2. The number of carbonyl (C=O) groups excluding carboxylic acids is 2. The van der Waals surface area contributed by atoms with Crippen LogP contribution in [0.5, 0.6) is 0 Å². The van der Waals surface area contributed by atoms with Gasteiger partial charge in [0.2, 0.25) is 11.8 Å². The van der Waals surface area contributed by atoms with Gasteiger partial charge in [-0.05, 0) is 37.3 Å². The fraction of sp³-hybridized carbons (Fsp3) is 0.462. The summed E-state index contributed by atoms with van der Waals surface area (Å²) in [7, 11) is 0. The maximum Gasteiger partial charge on any atom is 0.257 e. The molecule has 178 valence electrons. The number of hydrogen-bond donors (Lipinski definition) is 1. The Morgan fingerprint density at radius 2 is 1.94 bits per heavy atom. The molecule has 1 aliphatic carbocycles. The Hall–Kier alpha value is -3.42. The molecule has 2 aliphatic rings. The highest BCUT2D eigenvalue weighted by Gasteiger charge is 2.45. The molecular weight excluding hydrogens is 432 g/mol. The van der Waals surface area contributed by atoms with Crippen LogP contribution in [-0.4, -0.2) is 46.0 Å². The Labute approximate surface area is 198 Å². The van der Waals surface area contributed by atoms with E-state index in [4.69, 9.17) is 8.94 Å². The fourth-order valence-electron chi connectivity index (χ4n) is 5.20. The lowest BCUT2D eigenvalue weighted by atomic mass is 9.99. The number of fused-ring (bicyclic) bond motifs is 1. The van der Waals surface area contributed by atoms with Gasteiger partial charge in [0.05, 0.1) is 17.7 Å². The molecule has 1 saturated heterocycles. The van der Waals surface area contributed by atoms with Crippen LogP contribution in [0.15, 0.2) is 57.9 Å². The molecule has 2 fully saturated rings. The van der Waals surface area contributed by atoms with Gasteiger partial charge < -0.3 is 19.2 Å². The smallest absolute Gasteiger partial charge is 0.257 e. The molecule has 1 saturated carbocycles.